The lowest BCUT2D eigenvalue weighted by Gasteiger charge is -2.27. The Morgan fingerprint density at radius 2 is 1.80 bits per heavy atom. The van der Waals surface area contributed by atoms with Crippen LogP contribution in [0, 0.1) is 11.2 Å². The Morgan fingerprint density at radius 1 is 1.07 bits per heavy atom. The van der Waals surface area contributed by atoms with E-state index >= 15 is 0 Å². The molecule has 1 fully saturated rings. The van der Waals surface area contributed by atoms with Gasteiger partial charge in [0, 0.05) is 23.6 Å². The Bertz CT molecular complexity index is 1630. The first kappa shape index (κ1) is 27.2. The molecule has 0 spiro atoms. The van der Waals surface area contributed by atoms with Gasteiger partial charge in [0.2, 0.25) is 23.6 Å². The average molecular weight is 582 g/mol. The Morgan fingerprint density at radius 3 is 2.45 bits per heavy atom. The van der Waals surface area contributed by atoms with Gasteiger partial charge in [-0.25, -0.2) is 13.6 Å². The summed E-state index contributed by atoms with van der Waals surface area (Å²) in [5, 5.41) is 3.07. The van der Waals surface area contributed by atoms with E-state index in [2.05, 4.69) is 15.3 Å². The molecule has 1 aliphatic rings. The number of nitrogens with zero attached hydrogens (tertiary/aromatic N) is 3. The number of rotatable bonds is 9. The minimum absolute atomic E-state index is 0.132. The molecule has 10 nitrogen and oxygen atoms in total. The third-order valence-electron chi connectivity index (χ3n) is 6.23. The Kier molecular flexibility index (Phi) is 7.48. The zero-order valence-corrected chi connectivity index (χ0v) is 22.2. The number of aromatic nitrogens is 2. The number of nitrogens with two attached hydrogens (primary N) is 1. The predicted octanol–water partition coefficient (Wildman–Crippen LogP) is 5.32. The van der Waals surface area contributed by atoms with E-state index in [1.54, 1.807) is 18.2 Å². The molecule has 0 bridgehead atoms. The van der Waals surface area contributed by atoms with Crippen LogP contribution in [0.3, 0.4) is 0 Å². The van der Waals surface area contributed by atoms with Crippen molar-refractivity contribution in [2.24, 2.45) is 11.1 Å². The number of hydrogen-bond donors (Lipinski definition) is 3. The highest BCUT2D eigenvalue weighted by molar-refractivity contribution is 7.79. The summed E-state index contributed by atoms with van der Waals surface area (Å²) < 4.78 is 40.1. The number of nitrogens with one attached hydrogen (secondary N) is 1. The zero-order chi connectivity index (χ0) is 28.4. The molecule has 1 atom stereocenters. The fraction of sp³-hybridized carbons (Fsp3) is 0.111. The molecule has 0 saturated heterocycles. The number of halogens is 2. The Balaban J connectivity index is 1.40. The Labute approximate surface area is 235 Å². The van der Waals surface area contributed by atoms with Crippen molar-refractivity contribution in [2.75, 3.05) is 10.2 Å². The fourth-order valence-corrected chi connectivity index (χ4v) is 4.61. The first-order valence-corrected chi connectivity index (χ1v) is 13.3. The topological polar surface area (TPSA) is 148 Å². The minimum Gasteiger partial charge on any atom is -0.437 e. The predicted molar refractivity (Wildman–Crippen MR) is 147 cm³/mol. The highest BCUT2D eigenvalue weighted by Gasteiger charge is 2.57. The van der Waals surface area contributed by atoms with Gasteiger partial charge in [-0.05, 0) is 73.5 Å². The molecule has 4 aromatic rings. The van der Waals surface area contributed by atoms with Crippen molar-refractivity contribution >= 4 is 57.5 Å². The number of carbonyl (C=O) groups is 2. The van der Waals surface area contributed by atoms with Gasteiger partial charge in [-0.3, -0.25) is 14.5 Å². The summed E-state index contributed by atoms with van der Waals surface area (Å²) in [6.45, 7) is 0. The van der Waals surface area contributed by atoms with Crippen LogP contribution < -0.4 is 20.7 Å². The van der Waals surface area contributed by atoms with Crippen molar-refractivity contribution < 1.29 is 27.5 Å². The first-order chi connectivity index (χ1) is 19.2. The molecule has 1 heterocycles. The molecule has 13 heteroatoms. The molecule has 1 aliphatic carbocycles. The van der Waals surface area contributed by atoms with Gasteiger partial charge < -0.3 is 20.3 Å². The maximum Gasteiger partial charge on any atom is 0.247 e. The fourth-order valence-electron chi connectivity index (χ4n) is 3.97. The van der Waals surface area contributed by atoms with Crippen molar-refractivity contribution in [2.45, 2.75) is 17.7 Å². The summed E-state index contributed by atoms with van der Waals surface area (Å²) in [5.41, 5.74) is 5.37. The zero-order valence-electron chi connectivity index (χ0n) is 20.6. The highest BCUT2D eigenvalue weighted by Crippen LogP contribution is 2.49. The van der Waals surface area contributed by atoms with Crippen molar-refractivity contribution in [1.29, 1.82) is 0 Å². The van der Waals surface area contributed by atoms with Gasteiger partial charge in [-0.15, -0.1) is 0 Å². The van der Waals surface area contributed by atoms with Crippen LogP contribution in [-0.2, 0) is 20.7 Å². The van der Waals surface area contributed by atoms with E-state index in [1.165, 1.54) is 65.7 Å². The monoisotopic (exact) mass is 581 g/mol. The molecule has 1 aromatic heterocycles. The molecule has 204 valence electrons. The quantitative estimate of drug-likeness (QED) is 0.178. The van der Waals surface area contributed by atoms with E-state index in [0.717, 1.165) is 0 Å². The number of primary amides is 1. The molecule has 3 aromatic carbocycles. The molecular formula is C27H21ClFN5O5S. The third kappa shape index (κ3) is 5.64. The van der Waals surface area contributed by atoms with E-state index in [0.29, 0.717) is 29.9 Å². The summed E-state index contributed by atoms with van der Waals surface area (Å²) >= 11 is 4.38. The van der Waals surface area contributed by atoms with Gasteiger partial charge in [0.1, 0.15) is 17.0 Å². The van der Waals surface area contributed by atoms with Gasteiger partial charge in [0.05, 0.1) is 15.6 Å². The van der Waals surface area contributed by atoms with Crippen molar-refractivity contribution in [3.63, 3.8) is 0 Å². The van der Waals surface area contributed by atoms with Crippen LogP contribution in [0.1, 0.15) is 12.8 Å². The van der Waals surface area contributed by atoms with Gasteiger partial charge in [0.25, 0.3) is 0 Å². The molecular weight excluding hydrogens is 561 g/mol. The lowest BCUT2D eigenvalue weighted by atomic mass is 10.0. The second-order valence-corrected chi connectivity index (χ2v) is 10.3. The highest BCUT2D eigenvalue weighted by atomic mass is 35.5. The minimum atomic E-state index is -2.14. The molecule has 1 unspecified atom stereocenters. The van der Waals surface area contributed by atoms with Crippen LogP contribution in [0.2, 0.25) is 5.02 Å². The SMILES string of the molecule is NC(=O)C1(C(=O)N(c2ccc(F)cc2)c2ccc(Oc3ccnc(Nc4cccc(S(=O)O)c4)n3)c(Cl)c2)CC1. The van der Waals surface area contributed by atoms with Crippen LogP contribution in [0.4, 0.5) is 27.4 Å². The third-order valence-corrected chi connectivity index (χ3v) is 7.18. The number of benzene rings is 3. The van der Waals surface area contributed by atoms with E-state index in [1.807, 2.05) is 0 Å². The van der Waals surface area contributed by atoms with Crippen molar-refractivity contribution in [3.05, 3.63) is 89.8 Å². The normalized spacial score (nSPS) is 14.2. The summed E-state index contributed by atoms with van der Waals surface area (Å²) in [5.74, 6) is -1.21. The maximum absolute atomic E-state index is 13.6. The van der Waals surface area contributed by atoms with E-state index in [-0.39, 0.29) is 27.5 Å². The van der Waals surface area contributed by atoms with Crippen molar-refractivity contribution in [3.8, 4) is 11.6 Å². The van der Waals surface area contributed by atoms with Crippen LogP contribution >= 0.6 is 11.6 Å². The number of ether oxygens (including phenoxy) is 1. The Hall–Kier alpha value is -4.39. The molecule has 5 rings (SSSR count). The number of carbonyl (C=O) groups excluding carboxylic acids is 2. The molecule has 0 aliphatic heterocycles. The van der Waals surface area contributed by atoms with E-state index < -0.39 is 34.1 Å². The smallest absolute Gasteiger partial charge is 0.247 e. The van der Waals surface area contributed by atoms with Gasteiger partial charge >= 0.3 is 0 Å². The standard InChI is InChI=1S/C27H21ClFN5O5S/c28-21-15-19(34(18-6-4-16(29)5-7-18)25(36)27(11-12-27)24(30)35)8-9-22(21)39-23-10-13-31-26(33-23)32-17-2-1-3-20(14-17)40(37)38/h1-10,13-15H,11-12H2,(H2,30,35)(H,37,38)(H,31,32,33). The summed E-state index contributed by atoms with van der Waals surface area (Å²) in [4.78, 5) is 35.5. The molecule has 1 saturated carbocycles. The lowest BCUT2D eigenvalue weighted by Crippen LogP contribution is -2.41. The van der Waals surface area contributed by atoms with Crippen LogP contribution in [0.15, 0.2) is 83.9 Å². The molecule has 40 heavy (non-hydrogen) atoms. The number of anilines is 4. The van der Waals surface area contributed by atoms with Crippen LogP contribution in [0.5, 0.6) is 11.6 Å². The summed E-state index contributed by atoms with van der Waals surface area (Å²) in [6.07, 6.45) is 2.09. The summed E-state index contributed by atoms with van der Waals surface area (Å²) in [6, 6.07) is 17.6. The second-order valence-electron chi connectivity index (χ2n) is 8.90. The summed E-state index contributed by atoms with van der Waals surface area (Å²) in [7, 11) is 0. The number of amides is 2. The van der Waals surface area contributed by atoms with Crippen LogP contribution in [0.25, 0.3) is 0 Å². The average Bonchev–Trinajstić information content (AvgIpc) is 3.74. The van der Waals surface area contributed by atoms with E-state index in [9.17, 15) is 22.7 Å². The van der Waals surface area contributed by atoms with Gasteiger partial charge in [-0.1, -0.05) is 17.7 Å². The van der Waals surface area contributed by atoms with E-state index in [4.69, 9.17) is 22.1 Å². The van der Waals surface area contributed by atoms with Gasteiger partial charge in [0.15, 0.2) is 11.1 Å². The largest absolute Gasteiger partial charge is 0.437 e. The molecule has 0 radical (unpaired) electrons. The molecule has 2 amide bonds. The number of hydrogen-bond acceptors (Lipinski definition) is 7. The maximum atomic E-state index is 13.6. The molecule has 4 N–H and O–H groups in total. The van der Waals surface area contributed by atoms with Gasteiger partial charge in [-0.2, -0.15) is 4.98 Å². The van der Waals surface area contributed by atoms with Crippen molar-refractivity contribution in [1.82, 2.24) is 9.97 Å². The van der Waals surface area contributed by atoms with Crippen LogP contribution in [-0.4, -0.2) is 30.5 Å². The lowest BCUT2D eigenvalue weighted by molar-refractivity contribution is -0.133. The first-order valence-electron chi connectivity index (χ1n) is 11.8. The second kappa shape index (κ2) is 11.0.